The van der Waals surface area contributed by atoms with E-state index in [0.717, 1.165) is 15.5 Å². The van der Waals surface area contributed by atoms with Gasteiger partial charge in [0.1, 0.15) is 0 Å². The maximum Gasteiger partial charge on any atom is 0.231 e. The highest BCUT2D eigenvalue weighted by atomic mass is 35.5. The summed E-state index contributed by atoms with van der Waals surface area (Å²) in [6, 6.07) is 17.9. The van der Waals surface area contributed by atoms with Gasteiger partial charge < -0.3 is 5.32 Å². The first-order valence-corrected chi connectivity index (χ1v) is 8.07. The third kappa shape index (κ3) is 4.26. The van der Waals surface area contributed by atoms with Crippen LogP contribution in [-0.2, 0) is 4.79 Å². The summed E-state index contributed by atoms with van der Waals surface area (Å²) in [6.07, 6.45) is 0. The Morgan fingerprint density at radius 1 is 1.10 bits per heavy atom. The van der Waals surface area contributed by atoms with Crippen molar-refractivity contribution in [2.24, 2.45) is 5.41 Å². The van der Waals surface area contributed by atoms with E-state index in [0.29, 0.717) is 0 Å². The molecule has 0 spiro atoms. The molecule has 0 radical (unpaired) electrons. The lowest BCUT2D eigenvalue weighted by Gasteiger charge is -2.21. The lowest BCUT2D eigenvalue weighted by Crippen LogP contribution is -2.32. The second kappa shape index (κ2) is 7.01. The Kier molecular flexibility index (Phi) is 5.32. The second-order valence-corrected chi connectivity index (χ2v) is 6.77. The fourth-order valence-electron chi connectivity index (χ4n) is 1.63. The van der Waals surface area contributed by atoms with Gasteiger partial charge in [-0.25, -0.2) is 0 Å². The number of carbonyl (C=O) groups excluding carboxylic acids is 1. The summed E-state index contributed by atoms with van der Waals surface area (Å²) >= 11 is 7.48. The van der Waals surface area contributed by atoms with Crippen molar-refractivity contribution in [3.05, 3.63) is 54.6 Å². The van der Waals surface area contributed by atoms with Gasteiger partial charge in [-0.1, -0.05) is 42.1 Å². The predicted molar refractivity (Wildman–Crippen MR) is 90.1 cm³/mol. The molecule has 0 aromatic heterocycles. The van der Waals surface area contributed by atoms with Crippen LogP contribution in [0.25, 0.3) is 0 Å². The van der Waals surface area contributed by atoms with Crippen LogP contribution in [0.1, 0.15) is 13.8 Å². The molecule has 0 saturated heterocycles. The summed E-state index contributed by atoms with van der Waals surface area (Å²) in [7, 11) is 0. The highest BCUT2D eigenvalue weighted by Crippen LogP contribution is 2.34. The minimum absolute atomic E-state index is 0.0707. The molecule has 2 aromatic carbocycles. The summed E-state index contributed by atoms with van der Waals surface area (Å²) in [5, 5.41) is 2.98. The van der Waals surface area contributed by atoms with Gasteiger partial charge >= 0.3 is 0 Å². The highest BCUT2D eigenvalue weighted by molar-refractivity contribution is 7.99. The maximum atomic E-state index is 12.3. The van der Waals surface area contributed by atoms with Gasteiger partial charge in [-0.05, 0) is 38.1 Å². The monoisotopic (exact) mass is 319 g/mol. The van der Waals surface area contributed by atoms with Gasteiger partial charge in [0.25, 0.3) is 0 Å². The minimum Gasteiger partial charge on any atom is -0.325 e. The van der Waals surface area contributed by atoms with Crippen molar-refractivity contribution in [3.63, 3.8) is 0 Å². The Hall–Kier alpha value is -1.45. The molecule has 0 saturated carbocycles. The second-order valence-electron chi connectivity index (χ2n) is 5.38. The van der Waals surface area contributed by atoms with E-state index in [4.69, 9.17) is 11.6 Å². The Balaban J connectivity index is 2.20. The van der Waals surface area contributed by atoms with E-state index in [1.54, 1.807) is 11.8 Å². The summed E-state index contributed by atoms with van der Waals surface area (Å²) in [6.45, 7) is 3.67. The molecule has 1 N–H and O–H groups in total. The number of anilines is 1. The molecule has 0 fully saturated rings. The molecule has 4 heteroatoms. The van der Waals surface area contributed by atoms with Crippen molar-refractivity contribution < 1.29 is 4.79 Å². The summed E-state index contributed by atoms with van der Waals surface area (Å²) < 4.78 is 0. The van der Waals surface area contributed by atoms with Crippen LogP contribution in [0.3, 0.4) is 0 Å². The van der Waals surface area contributed by atoms with E-state index in [1.807, 2.05) is 68.4 Å². The average molecular weight is 320 g/mol. The van der Waals surface area contributed by atoms with Crippen LogP contribution in [-0.4, -0.2) is 11.8 Å². The van der Waals surface area contributed by atoms with Crippen LogP contribution in [0.5, 0.6) is 0 Å². The van der Waals surface area contributed by atoms with Crippen molar-refractivity contribution in [1.82, 2.24) is 0 Å². The van der Waals surface area contributed by atoms with Gasteiger partial charge in [0.2, 0.25) is 5.91 Å². The molecule has 0 unspecified atom stereocenters. The number of hydrogen-bond donors (Lipinski definition) is 1. The Morgan fingerprint density at radius 2 is 1.71 bits per heavy atom. The number of para-hydroxylation sites is 1. The van der Waals surface area contributed by atoms with Crippen molar-refractivity contribution in [1.29, 1.82) is 0 Å². The summed E-state index contributed by atoms with van der Waals surface area (Å²) in [5.41, 5.74) is 0.223. The Labute approximate surface area is 134 Å². The van der Waals surface area contributed by atoms with Gasteiger partial charge in [-0.15, -0.1) is 11.6 Å². The number of hydrogen-bond acceptors (Lipinski definition) is 2. The fourth-order valence-corrected chi connectivity index (χ4v) is 2.67. The van der Waals surface area contributed by atoms with E-state index in [1.165, 1.54) is 0 Å². The molecule has 0 bridgehead atoms. The van der Waals surface area contributed by atoms with Gasteiger partial charge in [-0.3, -0.25) is 4.79 Å². The zero-order valence-corrected chi connectivity index (χ0v) is 13.7. The Morgan fingerprint density at radius 3 is 2.38 bits per heavy atom. The van der Waals surface area contributed by atoms with E-state index in [2.05, 4.69) is 5.32 Å². The number of alkyl halides is 1. The predicted octanol–water partition coefficient (Wildman–Crippen LogP) is 5.04. The number of halogens is 1. The van der Waals surface area contributed by atoms with Crippen molar-refractivity contribution in [2.75, 3.05) is 11.2 Å². The zero-order valence-electron chi connectivity index (χ0n) is 12.1. The minimum atomic E-state index is -0.591. The third-order valence-electron chi connectivity index (χ3n) is 3.06. The molecule has 0 aliphatic heterocycles. The number of rotatable bonds is 5. The van der Waals surface area contributed by atoms with Gasteiger partial charge in [0.05, 0.1) is 11.1 Å². The van der Waals surface area contributed by atoms with E-state index < -0.39 is 5.41 Å². The topological polar surface area (TPSA) is 29.1 Å². The molecule has 2 aromatic rings. The lowest BCUT2D eigenvalue weighted by molar-refractivity contribution is -0.122. The Bertz CT molecular complexity index is 613. The molecule has 0 aliphatic carbocycles. The molecule has 0 aliphatic rings. The molecule has 0 heterocycles. The number of nitrogens with one attached hydrogen (secondary N) is 1. The quantitative estimate of drug-likeness (QED) is 0.782. The van der Waals surface area contributed by atoms with Crippen LogP contribution < -0.4 is 5.32 Å². The first kappa shape index (κ1) is 15.9. The molecular formula is C17H18ClNOS. The van der Waals surface area contributed by atoms with Crippen molar-refractivity contribution in [3.8, 4) is 0 Å². The maximum absolute atomic E-state index is 12.3. The van der Waals surface area contributed by atoms with Crippen LogP contribution in [0.2, 0.25) is 0 Å². The normalized spacial score (nSPS) is 11.2. The standard InChI is InChI=1S/C17H18ClNOS/c1-17(2,12-18)16(20)19-14-10-6-7-11-15(14)21-13-8-4-3-5-9-13/h3-11H,12H2,1-2H3,(H,19,20). The van der Waals surface area contributed by atoms with E-state index in [-0.39, 0.29) is 11.8 Å². The number of amides is 1. The molecule has 110 valence electrons. The molecule has 21 heavy (non-hydrogen) atoms. The largest absolute Gasteiger partial charge is 0.325 e. The van der Waals surface area contributed by atoms with Crippen LogP contribution in [0.4, 0.5) is 5.69 Å². The zero-order chi connectivity index (χ0) is 15.3. The molecule has 0 atom stereocenters. The highest BCUT2D eigenvalue weighted by Gasteiger charge is 2.27. The summed E-state index contributed by atoms with van der Waals surface area (Å²) in [4.78, 5) is 14.4. The van der Waals surface area contributed by atoms with Gasteiger partial charge in [-0.2, -0.15) is 0 Å². The lowest BCUT2D eigenvalue weighted by atomic mass is 9.95. The molecule has 2 rings (SSSR count). The van der Waals surface area contributed by atoms with E-state index >= 15 is 0 Å². The SMILES string of the molecule is CC(C)(CCl)C(=O)Nc1ccccc1Sc1ccccc1. The smallest absolute Gasteiger partial charge is 0.231 e. The molecular weight excluding hydrogens is 302 g/mol. The molecule has 2 nitrogen and oxygen atoms in total. The van der Waals surface area contributed by atoms with Crippen LogP contribution in [0, 0.1) is 5.41 Å². The number of carbonyl (C=O) groups is 1. The van der Waals surface area contributed by atoms with Crippen molar-refractivity contribution in [2.45, 2.75) is 23.6 Å². The van der Waals surface area contributed by atoms with Crippen molar-refractivity contribution >= 4 is 35.0 Å². The van der Waals surface area contributed by atoms with Gasteiger partial charge in [0.15, 0.2) is 0 Å². The first-order chi connectivity index (χ1) is 10.0. The van der Waals surface area contributed by atoms with Crippen LogP contribution >= 0.6 is 23.4 Å². The van der Waals surface area contributed by atoms with Gasteiger partial charge in [0, 0.05) is 15.7 Å². The fraction of sp³-hybridized carbons (Fsp3) is 0.235. The van der Waals surface area contributed by atoms with E-state index in [9.17, 15) is 4.79 Å². The summed E-state index contributed by atoms with van der Waals surface area (Å²) in [5.74, 6) is 0.214. The third-order valence-corrected chi connectivity index (χ3v) is 4.81. The average Bonchev–Trinajstić information content (AvgIpc) is 2.50. The first-order valence-electron chi connectivity index (χ1n) is 6.72. The molecule has 1 amide bonds. The van der Waals surface area contributed by atoms with Crippen LogP contribution in [0.15, 0.2) is 64.4 Å². The number of benzene rings is 2.